The van der Waals surface area contributed by atoms with Gasteiger partial charge in [-0.25, -0.2) is 4.39 Å². The Morgan fingerprint density at radius 3 is 2.36 bits per heavy atom. The Labute approximate surface area is 159 Å². The van der Waals surface area contributed by atoms with Crippen LogP contribution in [-0.4, -0.2) is 32.4 Å². The van der Waals surface area contributed by atoms with Crippen molar-refractivity contribution in [1.82, 2.24) is 0 Å². The van der Waals surface area contributed by atoms with Crippen LogP contribution in [0.25, 0.3) is 0 Å². The zero-order chi connectivity index (χ0) is 20.6. The molecule has 2 rings (SSSR count). The van der Waals surface area contributed by atoms with E-state index >= 15 is 0 Å². The van der Waals surface area contributed by atoms with Gasteiger partial charge in [0, 0.05) is 12.5 Å². The van der Waals surface area contributed by atoms with Crippen molar-refractivity contribution in [2.24, 2.45) is 0 Å². The van der Waals surface area contributed by atoms with E-state index in [4.69, 9.17) is 9.47 Å². The molecular formula is C19H19F4NO4. The maximum absolute atomic E-state index is 13.4. The summed E-state index contributed by atoms with van der Waals surface area (Å²) in [5.74, 6) is -0.181. The van der Waals surface area contributed by atoms with Gasteiger partial charge in [-0.2, -0.15) is 13.2 Å². The van der Waals surface area contributed by atoms with E-state index in [2.05, 4.69) is 10.1 Å². The van der Waals surface area contributed by atoms with Gasteiger partial charge in [-0.1, -0.05) is 0 Å². The normalized spacial score (nSPS) is 11.0. The van der Waals surface area contributed by atoms with E-state index in [-0.39, 0.29) is 24.5 Å². The van der Waals surface area contributed by atoms with Gasteiger partial charge in [0.2, 0.25) is 5.91 Å². The summed E-state index contributed by atoms with van der Waals surface area (Å²) in [6.07, 6.45) is -4.16. The van der Waals surface area contributed by atoms with Crippen LogP contribution < -0.4 is 19.5 Å². The Bertz CT molecular complexity index is 778. The molecule has 0 unspecified atom stereocenters. The molecule has 2 aromatic carbocycles. The van der Waals surface area contributed by atoms with E-state index in [1.807, 2.05) is 0 Å². The second-order valence-electron chi connectivity index (χ2n) is 5.72. The number of anilines is 1. The van der Waals surface area contributed by atoms with Crippen LogP contribution in [0.3, 0.4) is 0 Å². The maximum Gasteiger partial charge on any atom is 0.422 e. The number of nitrogens with one attached hydrogen (secondary N) is 1. The first-order valence-electron chi connectivity index (χ1n) is 8.32. The minimum Gasteiger partial charge on any atom is -0.497 e. The number of halogens is 4. The zero-order valence-electron chi connectivity index (χ0n) is 15.0. The first-order chi connectivity index (χ1) is 13.3. The summed E-state index contributed by atoms with van der Waals surface area (Å²) < 4.78 is 65.4. The van der Waals surface area contributed by atoms with Crippen molar-refractivity contribution < 1.29 is 36.6 Å². The summed E-state index contributed by atoms with van der Waals surface area (Å²) in [4.78, 5) is 12.0. The molecule has 0 aliphatic heterocycles. The highest BCUT2D eigenvalue weighted by atomic mass is 19.4. The van der Waals surface area contributed by atoms with Crippen molar-refractivity contribution in [3.63, 3.8) is 0 Å². The molecule has 5 nitrogen and oxygen atoms in total. The Morgan fingerprint density at radius 1 is 1.04 bits per heavy atom. The summed E-state index contributed by atoms with van der Waals surface area (Å²) in [7, 11) is 1.55. The van der Waals surface area contributed by atoms with Crippen molar-refractivity contribution in [2.75, 3.05) is 25.6 Å². The summed E-state index contributed by atoms with van der Waals surface area (Å²) in [6, 6.07) is 9.78. The average molecular weight is 401 g/mol. The lowest BCUT2D eigenvalue weighted by molar-refractivity contribution is -0.153. The number of methoxy groups -OCH3 is 1. The summed E-state index contributed by atoms with van der Waals surface area (Å²) in [5.41, 5.74) is -0.162. The van der Waals surface area contributed by atoms with Gasteiger partial charge in [-0.05, 0) is 42.8 Å². The minimum absolute atomic E-state index is 0.0331. The van der Waals surface area contributed by atoms with Crippen molar-refractivity contribution >= 4 is 11.6 Å². The molecule has 28 heavy (non-hydrogen) atoms. The number of ether oxygens (including phenoxy) is 3. The monoisotopic (exact) mass is 401 g/mol. The van der Waals surface area contributed by atoms with E-state index in [9.17, 15) is 22.4 Å². The lowest BCUT2D eigenvalue weighted by Crippen LogP contribution is -2.20. The van der Waals surface area contributed by atoms with Crippen molar-refractivity contribution in [3.8, 4) is 17.2 Å². The fraction of sp³-hybridized carbons (Fsp3) is 0.316. The highest BCUT2D eigenvalue weighted by Gasteiger charge is 2.29. The van der Waals surface area contributed by atoms with Gasteiger partial charge in [0.05, 0.1) is 19.4 Å². The van der Waals surface area contributed by atoms with Crippen LogP contribution in [0.2, 0.25) is 0 Å². The molecule has 2 aromatic rings. The van der Waals surface area contributed by atoms with E-state index in [0.717, 1.165) is 18.2 Å². The second kappa shape index (κ2) is 9.82. The number of rotatable bonds is 9. The number of carbonyl (C=O) groups excluding carboxylic acids is 1. The predicted octanol–water partition coefficient (Wildman–Crippen LogP) is 4.57. The van der Waals surface area contributed by atoms with Gasteiger partial charge < -0.3 is 19.5 Å². The number of amides is 1. The average Bonchev–Trinajstić information content (AvgIpc) is 2.64. The fourth-order valence-electron chi connectivity index (χ4n) is 2.19. The third kappa shape index (κ3) is 7.34. The molecule has 0 aromatic heterocycles. The largest absolute Gasteiger partial charge is 0.497 e. The molecule has 9 heteroatoms. The van der Waals surface area contributed by atoms with Gasteiger partial charge in [0.25, 0.3) is 0 Å². The molecule has 0 bridgehead atoms. The molecule has 152 valence electrons. The Hall–Kier alpha value is -2.97. The SMILES string of the molecule is COc1ccc(OCCCC(=O)Nc2cc(F)ccc2OCC(F)(F)F)cc1. The van der Waals surface area contributed by atoms with E-state index in [1.54, 1.807) is 31.4 Å². The predicted molar refractivity (Wildman–Crippen MR) is 94.3 cm³/mol. The van der Waals surface area contributed by atoms with Gasteiger partial charge in [0.1, 0.15) is 23.1 Å². The van der Waals surface area contributed by atoms with Crippen molar-refractivity contribution in [2.45, 2.75) is 19.0 Å². The molecular weight excluding hydrogens is 382 g/mol. The highest BCUT2D eigenvalue weighted by Crippen LogP contribution is 2.28. The van der Waals surface area contributed by atoms with Crippen LogP contribution in [0.15, 0.2) is 42.5 Å². The lowest BCUT2D eigenvalue weighted by Gasteiger charge is -2.14. The molecule has 0 heterocycles. The van der Waals surface area contributed by atoms with Crippen LogP contribution in [-0.2, 0) is 4.79 Å². The third-order valence-corrected chi connectivity index (χ3v) is 3.48. The number of benzene rings is 2. The summed E-state index contributed by atoms with van der Waals surface area (Å²) in [5, 5.41) is 2.36. The Morgan fingerprint density at radius 2 is 1.71 bits per heavy atom. The van der Waals surface area contributed by atoms with Crippen LogP contribution >= 0.6 is 0 Å². The highest BCUT2D eigenvalue weighted by molar-refractivity contribution is 5.92. The van der Waals surface area contributed by atoms with Gasteiger partial charge in [0.15, 0.2) is 6.61 Å². The lowest BCUT2D eigenvalue weighted by atomic mass is 10.2. The molecule has 0 spiro atoms. The first kappa shape index (κ1) is 21.3. The molecule has 0 radical (unpaired) electrons. The Balaban J connectivity index is 1.82. The molecule has 1 amide bonds. The van der Waals surface area contributed by atoms with Crippen LogP contribution in [0.5, 0.6) is 17.2 Å². The van der Waals surface area contributed by atoms with Crippen LogP contribution in [0, 0.1) is 5.82 Å². The number of hydrogen-bond donors (Lipinski definition) is 1. The van der Waals surface area contributed by atoms with E-state index in [0.29, 0.717) is 17.9 Å². The molecule has 1 N–H and O–H groups in total. The van der Waals surface area contributed by atoms with Crippen LogP contribution in [0.1, 0.15) is 12.8 Å². The van der Waals surface area contributed by atoms with Gasteiger partial charge in [-0.15, -0.1) is 0 Å². The molecule has 0 aliphatic carbocycles. The quantitative estimate of drug-likeness (QED) is 0.494. The zero-order valence-corrected chi connectivity index (χ0v) is 15.0. The van der Waals surface area contributed by atoms with Gasteiger partial charge in [-0.3, -0.25) is 4.79 Å². The summed E-state index contributed by atoms with van der Waals surface area (Å²) >= 11 is 0. The fourth-order valence-corrected chi connectivity index (χ4v) is 2.19. The smallest absolute Gasteiger partial charge is 0.422 e. The molecule has 0 aliphatic rings. The minimum atomic E-state index is -4.55. The van der Waals surface area contributed by atoms with Crippen LogP contribution in [0.4, 0.5) is 23.2 Å². The van der Waals surface area contributed by atoms with Crippen molar-refractivity contribution in [3.05, 3.63) is 48.3 Å². The second-order valence-corrected chi connectivity index (χ2v) is 5.72. The molecule has 0 saturated carbocycles. The Kier molecular flexibility index (Phi) is 7.48. The number of carbonyl (C=O) groups is 1. The van der Waals surface area contributed by atoms with Gasteiger partial charge >= 0.3 is 6.18 Å². The summed E-state index contributed by atoms with van der Waals surface area (Å²) in [6.45, 7) is -1.29. The van der Waals surface area contributed by atoms with Crippen molar-refractivity contribution in [1.29, 1.82) is 0 Å². The standard InChI is InChI=1S/C19H19F4NO4/c1-26-14-5-7-15(8-6-14)27-10-2-3-18(25)24-16-11-13(20)4-9-17(16)28-12-19(21,22)23/h4-9,11H,2-3,10,12H2,1H3,(H,24,25). The number of hydrogen-bond acceptors (Lipinski definition) is 4. The topological polar surface area (TPSA) is 56.8 Å². The third-order valence-electron chi connectivity index (χ3n) is 3.48. The molecule has 0 fully saturated rings. The van der Waals surface area contributed by atoms with E-state index < -0.39 is 24.5 Å². The molecule has 0 saturated heterocycles. The van der Waals surface area contributed by atoms with E-state index in [1.165, 1.54) is 0 Å². The molecule has 0 atom stereocenters. The first-order valence-corrected chi connectivity index (χ1v) is 8.32. The number of alkyl halides is 3. The maximum atomic E-state index is 13.4.